The lowest BCUT2D eigenvalue weighted by Gasteiger charge is -2.14. The SMILES string of the molecule is CCc1ccc(CNC(=O)N[C@@H](CCO)C(=O)O)cc1. The molecule has 0 radical (unpaired) electrons. The lowest BCUT2D eigenvalue weighted by atomic mass is 10.1. The Morgan fingerprint density at radius 2 is 1.80 bits per heavy atom. The molecule has 1 atom stereocenters. The van der Waals surface area contributed by atoms with E-state index in [0.717, 1.165) is 12.0 Å². The van der Waals surface area contributed by atoms with E-state index in [2.05, 4.69) is 17.6 Å². The predicted molar refractivity (Wildman–Crippen MR) is 74.3 cm³/mol. The van der Waals surface area contributed by atoms with Crippen molar-refractivity contribution in [1.82, 2.24) is 10.6 Å². The summed E-state index contributed by atoms with van der Waals surface area (Å²) in [7, 11) is 0. The molecule has 2 amide bonds. The van der Waals surface area contributed by atoms with Gasteiger partial charge in [0.1, 0.15) is 6.04 Å². The normalized spacial score (nSPS) is 11.7. The summed E-state index contributed by atoms with van der Waals surface area (Å²) in [6.45, 7) is 2.09. The molecule has 1 rings (SSSR count). The number of urea groups is 1. The topological polar surface area (TPSA) is 98.7 Å². The van der Waals surface area contributed by atoms with Gasteiger partial charge in [-0.15, -0.1) is 0 Å². The number of aryl methyl sites for hydroxylation is 1. The van der Waals surface area contributed by atoms with Gasteiger partial charge in [0.15, 0.2) is 0 Å². The van der Waals surface area contributed by atoms with Gasteiger partial charge in [0.05, 0.1) is 0 Å². The molecule has 0 saturated carbocycles. The third-order valence-corrected chi connectivity index (χ3v) is 2.91. The number of hydrogen-bond acceptors (Lipinski definition) is 3. The molecule has 0 spiro atoms. The van der Waals surface area contributed by atoms with Gasteiger partial charge in [0.25, 0.3) is 0 Å². The predicted octanol–water partition coefficient (Wildman–Crippen LogP) is 0.884. The summed E-state index contributed by atoms with van der Waals surface area (Å²) >= 11 is 0. The summed E-state index contributed by atoms with van der Waals surface area (Å²) in [5.41, 5.74) is 2.15. The number of nitrogens with one attached hydrogen (secondary N) is 2. The van der Waals surface area contributed by atoms with Crippen LogP contribution in [0.25, 0.3) is 0 Å². The van der Waals surface area contributed by atoms with Crippen LogP contribution in [0.5, 0.6) is 0 Å². The van der Waals surface area contributed by atoms with Crippen molar-refractivity contribution in [2.24, 2.45) is 0 Å². The van der Waals surface area contributed by atoms with Gasteiger partial charge in [-0.3, -0.25) is 0 Å². The number of carboxylic acids is 1. The molecule has 0 aromatic heterocycles. The van der Waals surface area contributed by atoms with Crippen molar-refractivity contribution in [2.45, 2.75) is 32.4 Å². The van der Waals surface area contributed by atoms with Crippen LogP contribution in [0.15, 0.2) is 24.3 Å². The molecule has 0 bridgehead atoms. The number of carboxylic acid groups (broad SMARTS) is 1. The van der Waals surface area contributed by atoms with Crippen LogP contribution in [0, 0.1) is 0 Å². The van der Waals surface area contributed by atoms with Crippen LogP contribution in [0.1, 0.15) is 24.5 Å². The number of aliphatic hydroxyl groups excluding tert-OH is 1. The van der Waals surface area contributed by atoms with Gasteiger partial charge in [-0.2, -0.15) is 0 Å². The molecule has 0 saturated heterocycles. The molecule has 1 aromatic carbocycles. The Balaban J connectivity index is 2.43. The van der Waals surface area contributed by atoms with E-state index in [1.807, 2.05) is 24.3 Å². The number of rotatable bonds is 7. The third-order valence-electron chi connectivity index (χ3n) is 2.91. The number of aliphatic carboxylic acids is 1. The van der Waals surface area contributed by atoms with Gasteiger partial charge in [-0.05, 0) is 17.5 Å². The van der Waals surface area contributed by atoms with E-state index in [-0.39, 0.29) is 13.0 Å². The lowest BCUT2D eigenvalue weighted by molar-refractivity contribution is -0.139. The van der Waals surface area contributed by atoms with Crippen molar-refractivity contribution in [3.63, 3.8) is 0 Å². The summed E-state index contributed by atoms with van der Waals surface area (Å²) in [6.07, 6.45) is 0.934. The summed E-state index contributed by atoms with van der Waals surface area (Å²) in [5.74, 6) is -1.17. The van der Waals surface area contributed by atoms with Gasteiger partial charge in [0, 0.05) is 19.6 Å². The second-order valence-corrected chi connectivity index (χ2v) is 4.40. The minimum atomic E-state index is -1.17. The molecular weight excluding hydrogens is 260 g/mol. The largest absolute Gasteiger partial charge is 0.480 e. The van der Waals surface area contributed by atoms with Crippen LogP contribution in [-0.4, -0.2) is 34.9 Å². The minimum Gasteiger partial charge on any atom is -0.480 e. The van der Waals surface area contributed by atoms with Crippen molar-refractivity contribution in [3.8, 4) is 0 Å². The van der Waals surface area contributed by atoms with E-state index in [1.54, 1.807) is 0 Å². The molecule has 110 valence electrons. The van der Waals surface area contributed by atoms with Gasteiger partial charge >= 0.3 is 12.0 Å². The summed E-state index contributed by atoms with van der Waals surface area (Å²) in [4.78, 5) is 22.4. The van der Waals surface area contributed by atoms with Crippen LogP contribution in [-0.2, 0) is 17.8 Å². The number of amides is 2. The Kier molecular flexibility index (Phi) is 6.52. The highest BCUT2D eigenvalue weighted by Gasteiger charge is 2.18. The van der Waals surface area contributed by atoms with E-state index >= 15 is 0 Å². The number of benzene rings is 1. The molecule has 4 N–H and O–H groups in total. The first kappa shape index (κ1) is 16.0. The Morgan fingerprint density at radius 1 is 1.20 bits per heavy atom. The smallest absolute Gasteiger partial charge is 0.326 e. The van der Waals surface area contributed by atoms with Crippen LogP contribution in [0.3, 0.4) is 0 Å². The lowest BCUT2D eigenvalue weighted by Crippen LogP contribution is -2.46. The van der Waals surface area contributed by atoms with Gasteiger partial charge in [-0.1, -0.05) is 31.2 Å². The molecule has 20 heavy (non-hydrogen) atoms. The second kappa shape index (κ2) is 8.16. The highest BCUT2D eigenvalue weighted by Crippen LogP contribution is 2.04. The fourth-order valence-electron chi connectivity index (χ4n) is 1.67. The quantitative estimate of drug-likeness (QED) is 0.596. The standard InChI is InChI=1S/C14H20N2O4/c1-2-10-3-5-11(6-4-10)9-15-14(20)16-12(7-8-17)13(18)19/h3-6,12,17H,2,7-9H2,1H3,(H,18,19)(H2,15,16,20)/t12-/m0/s1. The first-order valence-corrected chi connectivity index (χ1v) is 6.52. The van der Waals surface area contributed by atoms with E-state index < -0.39 is 18.0 Å². The zero-order chi connectivity index (χ0) is 15.0. The van der Waals surface area contributed by atoms with Crippen molar-refractivity contribution in [1.29, 1.82) is 0 Å². The zero-order valence-electron chi connectivity index (χ0n) is 11.4. The number of carbonyl (C=O) groups excluding carboxylic acids is 1. The van der Waals surface area contributed by atoms with E-state index in [0.29, 0.717) is 6.54 Å². The Labute approximate surface area is 117 Å². The highest BCUT2D eigenvalue weighted by molar-refractivity contribution is 5.82. The van der Waals surface area contributed by atoms with E-state index in [1.165, 1.54) is 5.56 Å². The first-order chi connectivity index (χ1) is 9.56. The van der Waals surface area contributed by atoms with Crippen molar-refractivity contribution in [2.75, 3.05) is 6.61 Å². The maximum absolute atomic E-state index is 11.6. The van der Waals surface area contributed by atoms with Crippen LogP contribution < -0.4 is 10.6 Å². The third kappa shape index (κ3) is 5.27. The monoisotopic (exact) mass is 280 g/mol. The van der Waals surface area contributed by atoms with Crippen LogP contribution >= 0.6 is 0 Å². The fraction of sp³-hybridized carbons (Fsp3) is 0.429. The fourth-order valence-corrected chi connectivity index (χ4v) is 1.67. The van der Waals surface area contributed by atoms with Crippen molar-refractivity contribution >= 4 is 12.0 Å². The van der Waals surface area contributed by atoms with E-state index in [4.69, 9.17) is 10.2 Å². The summed E-state index contributed by atoms with van der Waals surface area (Å²) < 4.78 is 0. The maximum atomic E-state index is 11.6. The molecule has 0 unspecified atom stereocenters. The molecule has 6 nitrogen and oxygen atoms in total. The molecule has 0 aliphatic carbocycles. The van der Waals surface area contributed by atoms with Crippen LogP contribution in [0.2, 0.25) is 0 Å². The molecule has 0 heterocycles. The molecule has 1 aromatic rings. The van der Waals surface area contributed by atoms with Gasteiger partial charge < -0.3 is 20.8 Å². The van der Waals surface area contributed by atoms with E-state index in [9.17, 15) is 9.59 Å². The first-order valence-electron chi connectivity index (χ1n) is 6.52. The Bertz CT molecular complexity index is 445. The number of carbonyl (C=O) groups is 2. The van der Waals surface area contributed by atoms with Crippen LogP contribution in [0.4, 0.5) is 4.79 Å². The number of hydrogen-bond donors (Lipinski definition) is 4. The summed E-state index contributed by atoms with van der Waals surface area (Å²) in [5, 5.41) is 22.4. The highest BCUT2D eigenvalue weighted by atomic mass is 16.4. The average molecular weight is 280 g/mol. The second-order valence-electron chi connectivity index (χ2n) is 4.40. The van der Waals surface area contributed by atoms with Crippen molar-refractivity contribution in [3.05, 3.63) is 35.4 Å². The Hall–Kier alpha value is -2.08. The zero-order valence-corrected chi connectivity index (χ0v) is 11.4. The maximum Gasteiger partial charge on any atom is 0.326 e. The molecular formula is C14H20N2O4. The molecule has 0 aliphatic heterocycles. The molecule has 6 heteroatoms. The van der Waals surface area contributed by atoms with Gasteiger partial charge in [-0.25, -0.2) is 9.59 Å². The molecule has 0 fully saturated rings. The average Bonchev–Trinajstić information content (AvgIpc) is 2.45. The summed E-state index contributed by atoms with van der Waals surface area (Å²) in [6, 6.07) is 6.16. The molecule has 0 aliphatic rings. The Morgan fingerprint density at radius 3 is 2.30 bits per heavy atom. The number of aliphatic hydroxyl groups is 1. The minimum absolute atomic E-state index is 0.0199. The van der Waals surface area contributed by atoms with Crippen molar-refractivity contribution < 1.29 is 19.8 Å². The van der Waals surface area contributed by atoms with Gasteiger partial charge in [0.2, 0.25) is 0 Å².